The maximum absolute atomic E-state index is 13.8. The zero-order chi connectivity index (χ0) is 15.6. The van der Waals surface area contributed by atoms with Crippen molar-refractivity contribution in [3.05, 3.63) is 65.0 Å². The third-order valence-corrected chi connectivity index (χ3v) is 4.64. The predicted octanol–water partition coefficient (Wildman–Crippen LogP) is 3.41. The maximum Gasteiger partial charge on any atom is 0.232 e. The molecule has 0 aliphatic carbocycles. The van der Waals surface area contributed by atoms with Gasteiger partial charge in [-0.1, -0.05) is 30.3 Å². The molecule has 0 spiro atoms. The Balaban J connectivity index is 2.51. The monoisotopic (exact) mass is 307 g/mol. The number of halogens is 1. The lowest BCUT2D eigenvalue weighted by atomic mass is 10.1. The minimum absolute atomic E-state index is 0.0181. The van der Waals surface area contributed by atoms with Crippen molar-refractivity contribution in [3.63, 3.8) is 0 Å². The van der Waals surface area contributed by atoms with Gasteiger partial charge in [0.05, 0.1) is 18.5 Å². The Bertz CT molecular complexity index is 757. The number of sulfonamides is 1. The van der Waals surface area contributed by atoms with E-state index < -0.39 is 15.8 Å². The fraction of sp³-hybridized carbons (Fsp3) is 0.250. The zero-order valence-corrected chi connectivity index (χ0v) is 13.1. The molecular formula is C16H18FNO2S. The third kappa shape index (κ3) is 3.42. The molecule has 0 N–H and O–H groups in total. The summed E-state index contributed by atoms with van der Waals surface area (Å²) in [5, 5.41) is 0. The van der Waals surface area contributed by atoms with Crippen LogP contribution in [0.1, 0.15) is 16.7 Å². The van der Waals surface area contributed by atoms with Crippen LogP contribution in [0.4, 0.5) is 10.1 Å². The predicted molar refractivity (Wildman–Crippen MR) is 83.3 cm³/mol. The number of anilines is 1. The summed E-state index contributed by atoms with van der Waals surface area (Å²) >= 11 is 0. The fourth-order valence-corrected chi connectivity index (χ4v) is 3.10. The van der Waals surface area contributed by atoms with Gasteiger partial charge in [0.1, 0.15) is 5.82 Å². The highest BCUT2D eigenvalue weighted by Gasteiger charge is 2.21. The Kier molecular flexibility index (Phi) is 4.32. The summed E-state index contributed by atoms with van der Waals surface area (Å²) in [6.45, 7) is 3.77. The highest BCUT2D eigenvalue weighted by Crippen LogP contribution is 2.27. The molecule has 0 amide bonds. The molecule has 112 valence electrons. The number of rotatable bonds is 4. The van der Waals surface area contributed by atoms with E-state index in [1.165, 1.54) is 10.4 Å². The highest BCUT2D eigenvalue weighted by atomic mass is 32.2. The second-order valence-corrected chi connectivity index (χ2v) is 6.99. The lowest BCUT2D eigenvalue weighted by molar-refractivity contribution is 0.590. The Hall–Kier alpha value is -1.88. The summed E-state index contributed by atoms with van der Waals surface area (Å²) in [6.07, 6.45) is 1.13. The molecule has 0 saturated carbocycles. The Morgan fingerprint density at radius 3 is 2.33 bits per heavy atom. The number of nitrogens with zero attached hydrogens (tertiary/aromatic N) is 1. The van der Waals surface area contributed by atoms with Gasteiger partial charge in [0, 0.05) is 5.56 Å². The first kappa shape index (κ1) is 15.5. The number of aryl methyl sites for hydroxylation is 1. The van der Waals surface area contributed by atoms with Crippen LogP contribution < -0.4 is 4.31 Å². The van der Waals surface area contributed by atoms with Crippen molar-refractivity contribution in [2.75, 3.05) is 10.6 Å². The van der Waals surface area contributed by atoms with Crippen molar-refractivity contribution in [2.45, 2.75) is 20.4 Å². The van der Waals surface area contributed by atoms with Gasteiger partial charge in [-0.3, -0.25) is 4.31 Å². The van der Waals surface area contributed by atoms with Crippen LogP contribution in [0.2, 0.25) is 0 Å². The van der Waals surface area contributed by atoms with Gasteiger partial charge in [-0.15, -0.1) is 0 Å². The van der Waals surface area contributed by atoms with Gasteiger partial charge < -0.3 is 0 Å². The van der Waals surface area contributed by atoms with E-state index in [-0.39, 0.29) is 6.54 Å². The van der Waals surface area contributed by atoms with Gasteiger partial charge in [0.25, 0.3) is 0 Å². The molecule has 2 aromatic rings. The molecule has 0 saturated heterocycles. The molecular weight excluding hydrogens is 289 g/mol. The van der Waals surface area contributed by atoms with E-state index >= 15 is 0 Å². The molecule has 3 nitrogen and oxygen atoms in total. The molecule has 0 aliphatic rings. The summed E-state index contributed by atoms with van der Waals surface area (Å²) in [6, 6.07) is 11.7. The topological polar surface area (TPSA) is 37.4 Å². The molecule has 0 aliphatic heterocycles. The molecule has 0 bridgehead atoms. The maximum atomic E-state index is 13.8. The van der Waals surface area contributed by atoms with Crippen molar-refractivity contribution in [2.24, 2.45) is 0 Å². The van der Waals surface area contributed by atoms with Gasteiger partial charge in [-0.25, -0.2) is 12.8 Å². The number of hydrogen-bond donors (Lipinski definition) is 0. The summed E-state index contributed by atoms with van der Waals surface area (Å²) < 4.78 is 39.3. The minimum Gasteiger partial charge on any atom is -0.266 e. The van der Waals surface area contributed by atoms with Crippen molar-refractivity contribution in [1.82, 2.24) is 0 Å². The van der Waals surface area contributed by atoms with Crippen LogP contribution in [0.3, 0.4) is 0 Å². The molecule has 21 heavy (non-hydrogen) atoms. The summed E-state index contributed by atoms with van der Waals surface area (Å²) in [5.41, 5.74) is 2.80. The summed E-state index contributed by atoms with van der Waals surface area (Å²) in [7, 11) is -3.51. The van der Waals surface area contributed by atoms with Gasteiger partial charge in [-0.05, 0) is 37.1 Å². The second kappa shape index (κ2) is 5.85. The van der Waals surface area contributed by atoms with Crippen LogP contribution in [0.25, 0.3) is 0 Å². The van der Waals surface area contributed by atoms with Crippen molar-refractivity contribution in [1.29, 1.82) is 0 Å². The van der Waals surface area contributed by atoms with Crippen molar-refractivity contribution >= 4 is 15.7 Å². The van der Waals surface area contributed by atoms with E-state index in [0.29, 0.717) is 11.3 Å². The fourth-order valence-electron chi connectivity index (χ4n) is 2.17. The van der Waals surface area contributed by atoms with Crippen LogP contribution in [0, 0.1) is 19.7 Å². The average Bonchev–Trinajstić information content (AvgIpc) is 2.40. The zero-order valence-electron chi connectivity index (χ0n) is 12.3. The molecule has 2 aromatic carbocycles. The lowest BCUT2D eigenvalue weighted by Crippen LogP contribution is -2.30. The normalized spacial score (nSPS) is 11.4. The van der Waals surface area contributed by atoms with Crippen molar-refractivity contribution in [3.8, 4) is 0 Å². The molecule has 0 unspecified atom stereocenters. The first-order valence-corrected chi connectivity index (χ1v) is 8.43. The Morgan fingerprint density at radius 1 is 1.05 bits per heavy atom. The van der Waals surface area contributed by atoms with E-state index in [2.05, 4.69) is 0 Å². The standard InChI is InChI=1S/C16H18FNO2S/c1-12-7-6-10-16(13(12)2)18(21(3,19)20)11-14-8-4-5-9-15(14)17/h4-10H,11H2,1-3H3. The first-order chi connectivity index (χ1) is 9.80. The van der Waals surface area contributed by atoms with Crippen molar-refractivity contribution < 1.29 is 12.8 Å². The average molecular weight is 307 g/mol. The third-order valence-electron chi connectivity index (χ3n) is 3.52. The Morgan fingerprint density at radius 2 is 1.71 bits per heavy atom. The molecule has 5 heteroatoms. The molecule has 0 aromatic heterocycles. The van der Waals surface area contributed by atoms with Gasteiger partial charge in [0.2, 0.25) is 10.0 Å². The van der Waals surface area contributed by atoms with Gasteiger partial charge in [0.15, 0.2) is 0 Å². The number of benzene rings is 2. The molecule has 0 atom stereocenters. The van der Waals surface area contributed by atoms with E-state index in [1.54, 1.807) is 30.3 Å². The molecule has 0 heterocycles. The van der Waals surface area contributed by atoms with Gasteiger partial charge in [-0.2, -0.15) is 0 Å². The lowest BCUT2D eigenvalue weighted by Gasteiger charge is -2.25. The van der Waals surface area contributed by atoms with E-state index in [0.717, 1.165) is 17.4 Å². The van der Waals surface area contributed by atoms with Crippen LogP contribution in [-0.4, -0.2) is 14.7 Å². The van der Waals surface area contributed by atoms with Gasteiger partial charge >= 0.3 is 0 Å². The largest absolute Gasteiger partial charge is 0.266 e. The van der Waals surface area contributed by atoms with Crippen LogP contribution >= 0.6 is 0 Å². The molecule has 2 rings (SSSR count). The smallest absolute Gasteiger partial charge is 0.232 e. The first-order valence-electron chi connectivity index (χ1n) is 6.58. The van der Waals surface area contributed by atoms with Crippen LogP contribution in [-0.2, 0) is 16.6 Å². The second-order valence-electron chi connectivity index (χ2n) is 5.08. The van der Waals surface area contributed by atoms with Crippen LogP contribution in [0.5, 0.6) is 0 Å². The van der Waals surface area contributed by atoms with Crippen LogP contribution in [0.15, 0.2) is 42.5 Å². The van der Waals surface area contributed by atoms with E-state index in [4.69, 9.17) is 0 Å². The quantitative estimate of drug-likeness (QED) is 0.868. The molecule has 0 fully saturated rings. The van der Waals surface area contributed by atoms with E-state index in [1.807, 2.05) is 19.9 Å². The highest BCUT2D eigenvalue weighted by molar-refractivity contribution is 7.92. The summed E-state index contributed by atoms with van der Waals surface area (Å²) in [5.74, 6) is -0.406. The number of hydrogen-bond acceptors (Lipinski definition) is 2. The molecule has 0 radical (unpaired) electrons. The SMILES string of the molecule is Cc1cccc(N(Cc2ccccc2F)S(C)(=O)=O)c1C. The summed E-state index contributed by atoms with van der Waals surface area (Å²) in [4.78, 5) is 0. The Labute approximate surface area is 125 Å². The van der Waals surface area contributed by atoms with E-state index in [9.17, 15) is 12.8 Å². The minimum atomic E-state index is -3.51.